The Morgan fingerprint density at radius 1 is 1.44 bits per heavy atom. The van der Waals surface area contributed by atoms with Gasteiger partial charge in [-0.1, -0.05) is 26.0 Å². The van der Waals surface area contributed by atoms with Gasteiger partial charge < -0.3 is 14.6 Å². The highest BCUT2D eigenvalue weighted by Crippen LogP contribution is 2.37. The minimum absolute atomic E-state index is 0.120. The molecule has 1 aromatic carbocycles. The standard InChI is InChI=1S/C15H22O3/c1-11(2)14-10-15(16,7-8-18-14)12-5-4-6-13(9-12)17-3/h4-6,9,11,14,16H,7-8,10H2,1-3H3. The Balaban J connectivity index is 2.23. The van der Waals surface area contributed by atoms with E-state index >= 15 is 0 Å². The van der Waals surface area contributed by atoms with Crippen LogP contribution < -0.4 is 4.74 Å². The number of hydrogen-bond acceptors (Lipinski definition) is 3. The molecule has 100 valence electrons. The average Bonchev–Trinajstić information content (AvgIpc) is 2.39. The normalized spacial score (nSPS) is 28.4. The van der Waals surface area contributed by atoms with Crippen LogP contribution in [0.2, 0.25) is 0 Å². The van der Waals surface area contributed by atoms with Gasteiger partial charge in [0.05, 0.1) is 25.4 Å². The van der Waals surface area contributed by atoms with Gasteiger partial charge in [0, 0.05) is 12.8 Å². The number of benzene rings is 1. The van der Waals surface area contributed by atoms with Crippen molar-refractivity contribution in [2.24, 2.45) is 5.92 Å². The van der Waals surface area contributed by atoms with Crippen molar-refractivity contribution in [3.63, 3.8) is 0 Å². The zero-order chi connectivity index (χ0) is 13.2. The molecule has 3 heteroatoms. The first kappa shape index (κ1) is 13.4. The highest BCUT2D eigenvalue weighted by atomic mass is 16.5. The molecule has 0 amide bonds. The molecular formula is C15H22O3. The van der Waals surface area contributed by atoms with Crippen LogP contribution in [-0.2, 0) is 10.3 Å². The molecule has 1 aliphatic rings. The highest BCUT2D eigenvalue weighted by Gasteiger charge is 2.37. The molecule has 18 heavy (non-hydrogen) atoms. The van der Waals surface area contributed by atoms with Gasteiger partial charge in [-0.2, -0.15) is 0 Å². The molecule has 0 radical (unpaired) electrons. The highest BCUT2D eigenvalue weighted by molar-refractivity contribution is 5.32. The van der Waals surface area contributed by atoms with E-state index in [0.29, 0.717) is 25.4 Å². The molecule has 1 aliphatic heterocycles. The second-order valence-corrected chi connectivity index (χ2v) is 5.37. The topological polar surface area (TPSA) is 38.7 Å². The lowest BCUT2D eigenvalue weighted by Crippen LogP contribution is -2.40. The molecule has 2 rings (SSSR count). The summed E-state index contributed by atoms with van der Waals surface area (Å²) < 4.78 is 10.9. The van der Waals surface area contributed by atoms with Crippen LogP contribution in [-0.4, -0.2) is 24.9 Å². The van der Waals surface area contributed by atoms with Crippen LogP contribution in [0.15, 0.2) is 24.3 Å². The summed E-state index contributed by atoms with van der Waals surface area (Å²) in [5.41, 5.74) is 0.137. The maximum Gasteiger partial charge on any atom is 0.119 e. The van der Waals surface area contributed by atoms with E-state index in [-0.39, 0.29) is 6.10 Å². The summed E-state index contributed by atoms with van der Waals surface area (Å²) in [6.45, 7) is 4.86. The molecule has 2 unspecified atom stereocenters. The minimum Gasteiger partial charge on any atom is -0.497 e. The smallest absolute Gasteiger partial charge is 0.119 e. The third kappa shape index (κ3) is 2.68. The minimum atomic E-state index is -0.790. The Morgan fingerprint density at radius 2 is 2.22 bits per heavy atom. The summed E-state index contributed by atoms with van der Waals surface area (Å²) >= 11 is 0. The Kier molecular flexibility index (Phi) is 3.93. The second kappa shape index (κ2) is 5.29. The molecular weight excluding hydrogens is 228 g/mol. The number of ether oxygens (including phenoxy) is 2. The molecule has 2 atom stereocenters. The molecule has 1 N–H and O–H groups in total. The molecule has 1 saturated heterocycles. The van der Waals surface area contributed by atoms with E-state index in [4.69, 9.17) is 9.47 Å². The first-order chi connectivity index (χ1) is 8.55. The lowest BCUT2D eigenvalue weighted by molar-refractivity contribution is -0.121. The predicted octanol–water partition coefficient (Wildman–Crippen LogP) is 2.72. The molecule has 1 aromatic rings. The van der Waals surface area contributed by atoms with Crippen LogP contribution in [0, 0.1) is 5.92 Å². The lowest BCUT2D eigenvalue weighted by Gasteiger charge is -2.39. The van der Waals surface area contributed by atoms with Gasteiger partial charge in [-0.3, -0.25) is 0 Å². The number of methoxy groups -OCH3 is 1. The summed E-state index contributed by atoms with van der Waals surface area (Å²) in [5, 5.41) is 10.8. The molecule has 0 bridgehead atoms. The van der Waals surface area contributed by atoms with E-state index in [9.17, 15) is 5.11 Å². The molecule has 0 saturated carbocycles. The number of aliphatic hydroxyl groups is 1. The van der Waals surface area contributed by atoms with Crippen molar-refractivity contribution in [1.29, 1.82) is 0 Å². The zero-order valence-electron chi connectivity index (χ0n) is 11.3. The van der Waals surface area contributed by atoms with Crippen LogP contribution in [0.4, 0.5) is 0 Å². The first-order valence-electron chi connectivity index (χ1n) is 6.54. The summed E-state index contributed by atoms with van der Waals surface area (Å²) in [4.78, 5) is 0. The fourth-order valence-corrected chi connectivity index (χ4v) is 2.48. The molecule has 1 fully saturated rings. The quantitative estimate of drug-likeness (QED) is 0.896. The fraction of sp³-hybridized carbons (Fsp3) is 0.600. The SMILES string of the molecule is COc1cccc(C2(O)CCOC(C(C)C)C2)c1. The van der Waals surface area contributed by atoms with Gasteiger partial charge in [0.15, 0.2) is 0 Å². The van der Waals surface area contributed by atoms with Crippen molar-refractivity contribution in [1.82, 2.24) is 0 Å². The third-order valence-electron chi connectivity index (χ3n) is 3.74. The second-order valence-electron chi connectivity index (χ2n) is 5.37. The summed E-state index contributed by atoms with van der Waals surface area (Å²) in [6, 6.07) is 7.70. The largest absolute Gasteiger partial charge is 0.497 e. The van der Waals surface area contributed by atoms with Crippen LogP contribution >= 0.6 is 0 Å². The summed E-state index contributed by atoms with van der Waals surface area (Å²) in [7, 11) is 1.64. The predicted molar refractivity (Wildman–Crippen MR) is 70.7 cm³/mol. The van der Waals surface area contributed by atoms with Gasteiger partial charge in [-0.05, 0) is 23.6 Å². The van der Waals surface area contributed by atoms with Gasteiger partial charge in [0.2, 0.25) is 0 Å². The van der Waals surface area contributed by atoms with Gasteiger partial charge >= 0.3 is 0 Å². The van der Waals surface area contributed by atoms with E-state index < -0.39 is 5.60 Å². The Morgan fingerprint density at radius 3 is 2.89 bits per heavy atom. The van der Waals surface area contributed by atoms with Crippen LogP contribution in [0.5, 0.6) is 5.75 Å². The fourth-order valence-electron chi connectivity index (χ4n) is 2.48. The van der Waals surface area contributed by atoms with Crippen molar-refractivity contribution in [3.05, 3.63) is 29.8 Å². The van der Waals surface area contributed by atoms with E-state index in [1.807, 2.05) is 24.3 Å². The monoisotopic (exact) mass is 250 g/mol. The maximum atomic E-state index is 10.8. The zero-order valence-corrected chi connectivity index (χ0v) is 11.3. The summed E-state index contributed by atoms with van der Waals surface area (Å²) in [6.07, 6.45) is 1.41. The molecule has 1 heterocycles. The van der Waals surface area contributed by atoms with Crippen molar-refractivity contribution in [2.45, 2.75) is 38.4 Å². The van der Waals surface area contributed by atoms with E-state index in [2.05, 4.69) is 13.8 Å². The average molecular weight is 250 g/mol. The Hall–Kier alpha value is -1.06. The van der Waals surface area contributed by atoms with E-state index in [1.165, 1.54) is 0 Å². The van der Waals surface area contributed by atoms with Crippen molar-refractivity contribution >= 4 is 0 Å². The van der Waals surface area contributed by atoms with Crippen molar-refractivity contribution < 1.29 is 14.6 Å². The van der Waals surface area contributed by atoms with Crippen molar-refractivity contribution in [2.75, 3.05) is 13.7 Å². The maximum absolute atomic E-state index is 10.8. The van der Waals surface area contributed by atoms with E-state index in [0.717, 1.165) is 11.3 Å². The number of rotatable bonds is 3. The van der Waals surface area contributed by atoms with Gasteiger partial charge in [-0.25, -0.2) is 0 Å². The van der Waals surface area contributed by atoms with Gasteiger partial charge in [-0.15, -0.1) is 0 Å². The van der Waals surface area contributed by atoms with Crippen LogP contribution in [0.1, 0.15) is 32.3 Å². The van der Waals surface area contributed by atoms with E-state index in [1.54, 1.807) is 7.11 Å². The van der Waals surface area contributed by atoms with Gasteiger partial charge in [0.1, 0.15) is 5.75 Å². The molecule has 0 aliphatic carbocycles. The summed E-state index contributed by atoms with van der Waals surface area (Å²) in [5.74, 6) is 1.20. The number of hydrogen-bond donors (Lipinski definition) is 1. The molecule has 0 aromatic heterocycles. The van der Waals surface area contributed by atoms with Gasteiger partial charge in [0.25, 0.3) is 0 Å². The van der Waals surface area contributed by atoms with Crippen LogP contribution in [0.3, 0.4) is 0 Å². The third-order valence-corrected chi connectivity index (χ3v) is 3.74. The lowest BCUT2D eigenvalue weighted by atomic mass is 9.81. The molecule has 3 nitrogen and oxygen atoms in total. The Bertz CT molecular complexity index is 402. The van der Waals surface area contributed by atoms with Crippen molar-refractivity contribution in [3.8, 4) is 5.75 Å². The first-order valence-corrected chi connectivity index (χ1v) is 6.54. The Labute approximate surface area is 109 Å². The molecule has 0 spiro atoms. The van der Waals surface area contributed by atoms with Crippen LogP contribution in [0.25, 0.3) is 0 Å².